The lowest BCUT2D eigenvalue weighted by molar-refractivity contribution is -0.133. The number of hydrogen-bond acceptors (Lipinski definition) is 5. The molecule has 0 bridgehead atoms. The van der Waals surface area contributed by atoms with Gasteiger partial charge in [0.25, 0.3) is 5.91 Å². The lowest BCUT2D eigenvalue weighted by atomic mass is 10.2. The van der Waals surface area contributed by atoms with Crippen molar-refractivity contribution < 1.29 is 14.4 Å². The van der Waals surface area contributed by atoms with Gasteiger partial charge in [-0.25, -0.2) is 0 Å². The molecule has 8 heteroatoms. The summed E-state index contributed by atoms with van der Waals surface area (Å²) >= 11 is 3.38. The summed E-state index contributed by atoms with van der Waals surface area (Å²) in [5.74, 6) is 1.83. The Morgan fingerprint density at radius 3 is 2.68 bits per heavy atom. The van der Waals surface area contributed by atoms with Gasteiger partial charge < -0.3 is 15.1 Å². The molecule has 6 nitrogen and oxygen atoms in total. The summed E-state index contributed by atoms with van der Waals surface area (Å²) in [5.41, 5.74) is 0. The highest BCUT2D eigenvalue weighted by molar-refractivity contribution is 7.99. The number of thioether (sulfide) groups is 1. The van der Waals surface area contributed by atoms with E-state index < -0.39 is 0 Å². The van der Waals surface area contributed by atoms with Gasteiger partial charge in [0.15, 0.2) is 0 Å². The molecule has 3 heterocycles. The predicted molar refractivity (Wildman–Crippen MR) is 99.9 cm³/mol. The van der Waals surface area contributed by atoms with Crippen LogP contribution in [-0.4, -0.2) is 65.2 Å². The van der Waals surface area contributed by atoms with E-state index in [1.54, 1.807) is 0 Å². The number of nitrogens with one attached hydrogen (secondary N) is 1. The number of rotatable bonds is 4. The predicted octanol–water partition coefficient (Wildman–Crippen LogP) is 1.74. The summed E-state index contributed by atoms with van der Waals surface area (Å²) in [6.07, 6.45) is 1.85. The molecular weight excluding hydrogens is 358 g/mol. The Kier molecular flexibility index (Phi) is 6.01. The average Bonchev–Trinajstić information content (AvgIpc) is 3.28. The van der Waals surface area contributed by atoms with Crippen LogP contribution in [0.15, 0.2) is 12.1 Å². The van der Waals surface area contributed by atoms with E-state index >= 15 is 0 Å². The van der Waals surface area contributed by atoms with E-state index in [2.05, 4.69) is 5.32 Å². The number of amides is 3. The maximum atomic E-state index is 12.6. The Labute approximate surface area is 155 Å². The molecule has 2 aliphatic rings. The molecule has 1 aromatic heterocycles. The van der Waals surface area contributed by atoms with E-state index in [4.69, 9.17) is 0 Å². The smallest absolute Gasteiger partial charge is 0.263 e. The molecule has 2 saturated heterocycles. The first-order valence-electron chi connectivity index (χ1n) is 8.57. The van der Waals surface area contributed by atoms with Crippen LogP contribution in [0.2, 0.25) is 0 Å². The third-order valence-electron chi connectivity index (χ3n) is 4.53. The second-order valence-corrected chi connectivity index (χ2v) is 8.60. The fourth-order valence-corrected chi connectivity index (χ4v) is 5.26. The number of thiophene rings is 1. The molecule has 3 amide bonds. The van der Waals surface area contributed by atoms with Crippen molar-refractivity contribution in [2.45, 2.75) is 25.8 Å². The first-order valence-corrected chi connectivity index (χ1v) is 10.5. The normalized spacial score (nSPS) is 20.6. The van der Waals surface area contributed by atoms with Gasteiger partial charge in [-0.3, -0.25) is 14.4 Å². The summed E-state index contributed by atoms with van der Waals surface area (Å²) in [7, 11) is 0. The fraction of sp³-hybridized carbons (Fsp3) is 0.588. The van der Waals surface area contributed by atoms with Gasteiger partial charge in [-0.05, 0) is 25.0 Å². The largest absolute Gasteiger partial charge is 0.347 e. The summed E-state index contributed by atoms with van der Waals surface area (Å²) in [6, 6.07) is 3.88. The van der Waals surface area contributed by atoms with Gasteiger partial charge in [0, 0.05) is 42.9 Å². The van der Waals surface area contributed by atoms with Crippen LogP contribution in [0.5, 0.6) is 0 Å². The van der Waals surface area contributed by atoms with Crippen LogP contribution < -0.4 is 5.32 Å². The van der Waals surface area contributed by atoms with Crippen LogP contribution in [0, 0.1) is 0 Å². The van der Waals surface area contributed by atoms with Gasteiger partial charge in [0.05, 0.1) is 17.5 Å². The van der Waals surface area contributed by atoms with Crippen LogP contribution >= 0.6 is 23.1 Å². The topological polar surface area (TPSA) is 69.7 Å². The highest BCUT2D eigenvalue weighted by Crippen LogP contribution is 2.36. The monoisotopic (exact) mass is 381 g/mol. The van der Waals surface area contributed by atoms with E-state index in [9.17, 15) is 14.4 Å². The van der Waals surface area contributed by atoms with Gasteiger partial charge >= 0.3 is 0 Å². The second-order valence-electron chi connectivity index (χ2n) is 6.26. The van der Waals surface area contributed by atoms with E-state index in [1.165, 1.54) is 18.3 Å². The lowest BCUT2D eigenvalue weighted by Gasteiger charge is -2.26. The second kappa shape index (κ2) is 8.23. The van der Waals surface area contributed by atoms with Crippen molar-refractivity contribution in [3.05, 3.63) is 21.9 Å². The van der Waals surface area contributed by atoms with E-state index in [0.717, 1.165) is 47.2 Å². The molecule has 1 N–H and O–H groups in total. The SMILES string of the molecule is CC(=O)NCC(=O)N1CCCC1c1ccc(C(=O)N2CCSCC2)s1. The molecule has 0 aliphatic carbocycles. The van der Waals surface area contributed by atoms with Gasteiger partial charge in [0.2, 0.25) is 11.8 Å². The van der Waals surface area contributed by atoms with Crippen molar-refractivity contribution in [2.24, 2.45) is 0 Å². The molecule has 0 spiro atoms. The quantitative estimate of drug-likeness (QED) is 0.862. The third-order valence-corrected chi connectivity index (χ3v) is 6.64. The molecule has 0 radical (unpaired) electrons. The van der Waals surface area contributed by atoms with Gasteiger partial charge in [-0.1, -0.05) is 0 Å². The number of carbonyl (C=O) groups excluding carboxylic acids is 3. The van der Waals surface area contributed by atoms with Crippen molar-refractivity contribution in [3.8, 4) is 0 Å². The highest BCUT2D eigenvalue weighted by Gasteiger charge is 2.31. The van der Waals surface area contributed by atoms with Crippen LogP contribution in [-0.2, 0) is 9.59 Å². The Bertz CT molecular complexity index is 655. The zero-order chi connectivity index (χ0) is 17.8. The van der Waals surface area contributed by atoms with Crippen LogP contribution in [0.3, 0.4) is 0 Å². The number of carbonyl (C=O) groups is 3. The highest BCUT2D eigenvalue weighted by atomic mass is 32.2. The zero-order valence-electron chi connectivity index (χ0n) is 14.3. The molecule has 0 saturated carbocycles. The first-order chi connectivity index (χ1) is 12.1. The third kappa shape index (κ3) is 4.36. The van der Waals surface area contributed by atoms with Gasteiger partial charge in [-0.15, -0.1) is 11.3 Å². The molecule has 2 aliphatic heterocycles. The van der Waals surface area contributed by atoms with E-state index in [-0.39, 0.29) is 30.3 Å². The number of likely N-dealkylation sites (tertiary alicyclic amines) is 1. The average molecular weight is 382 g/mol. The minimum absolute atomic E-state index is 0.0183. The van der Waals surface area contributed by atoms with Crippen LogP contribution in [0.25, 0.3) is 0 Å². The Morgan fingerprint density at radius 2 is 1.96 bits per heavy atom. The molecule has 1 atom stereocenters. The number of hydrogen-bond donors (Lipinski definition) is 1. The molecule has 3 rings (SSSR count). The van der Waals surface area contributed by atoms with Crippen molar-refractivity contribution in [3.63, 3.8) is 0 Å². The molecule has 0 aromatic carbocycles. The lowest BCUT2D eigenvalue weighted by Crippen LogP contribution is -2.39. The summed E-state index contributed by atoms with van der Waals surface area (Å²) < 4.78 is 0. The van der Waals surface area contributed by atoms with Gasteiger partial charge in [0.1, 0.15) is 0 Å². The standard InChI is InChI=1S/C17H23N3O3S2/c1-12(21)18-11-16(22)20-6-2-3-13(20)14-4-5-15(25-14)17(23)19-7-9-24-10-8-19/h4-5,13H,2-3,6-11H2,1H3,(H,18,21). The molecular formula is C17H23N3O3S2. The van der Waals surface area contributed by atoms with E-state index in [0.29, 0.717) is 6.54 Å². The molecule has 1 unspecified atom stereocenters. The molecule has 1 aromatic rings. The Hall–Kier alpha value is -1.54. The first kappa shape index (κ1) is 18.3. The Balaban J connectivity index is 1.67. The van der Waals surface area contributed by atoms with Crippen molar-refractivity contribution in [1.82, 2.24) is 15.1 Å². The summed E-state index contributed by atoms with van der Waals surface area (Å²) in [4.78, 5) is 41.6. The molecule has 25 heavy (non-hydrogen) atoms. The van der Waals surface area contributed by atoms with Crippen molar-refractivity contribution >= 4 is 40.8 Å². The maximum Gasteiger partial charge on any atom is 0.263 e. The van der Waals surface area contributed by atoms with Crippen LogP contribution in [0.1, 0.15) is 40.4 Å². The fourth-order valence-electron chi connectivity index (χ4n) is 3.23. The van der Waals surface area contributed by atoms with Crippen molar-refractivity contribution in [2.75, 3.05) is 37.7 Å². The van der Waals surface area contributed by atoms with Gasteiger partial charge in [-0.2, -0.15) is 11.8 Å². The Morgan fingerprint density at radius 1 is 1.20 bits per heavy atom. The number of nitrogens with zero attached hydrogens (tertiary/aromatic N) is 2. The summed E-state index contributed by atoms with van der Waals surface area (Å²) in [6.45, 7) is 3.76. The minimum Gasteiger partial charge on any atom is -0.347 e. The van der Waals surface area contributed by atoms with E-state index in [1.807, 2.05) is 33.7 Å². The minimum atomic E-state index is -0.201. The van der Waals surface area contributed by atoms with Crippen LogP contribution in [0.4, 0.5) is 0 Å². The molecule has 136 valence electrons. The zero-order valence-corrected chi connectivity index (χ0v) is 16.0. The molecule has 2 fully saturated rings. The maximum absolute atomic E-state index is 12.6. The summed E-state index contributed by atoms with van der Waals surface area (Å²) in [5, 5.41) is 2.57. The van der Waals surface area contributed by atoms with Crippen molar-refractivity contribution in [1.29, 1.82) is 0 Å².